The summed E-state index contributed by atoms with van der Waals surface area (Å²) in [6, 6.07) is 3.88. The third kappa shape index (κ3) is 5.83. The Morgan fingerprint density at radius 2 is 2.06 bits per heavy atom. The molecule has 0 radical (unpaired) electrons. The number of ether oxygens (including phenoxy) is 1. The van der Waals surface area contributed by atoms with E-state index in [1.807, 2.05) is 6.92 Å². The summed E-state index contributed by atoms with van der Waals surface area (Å²) in [6.45, 7) is 1.82. The first-order valence-electron chi connectivity index (χ1n) is 10.8. The minimum absolute atomic E-state index is 0.00132. The average molecular weight is 444 g/mol. The lowest BCUT2D eigenvalue weighted by Gasteiger charge is -2.23. The largest absolute Gasteiger partial charge is 0.491 e. The Balaban J connectivity index is 1.64. The number of hydrogen-bond acceptors (Lipinski definition) is 6. The number of imide groups is 1. The van der Waals surface area contributed by atoms with Gasteiger partial charge in [0.1, 0.15) is 11.4 Å². The lowest BCUT2D eigenvalue weighted by atomic mass is 9.95. The molecule has 4 amide bonds. The number of nitro groups is 1. The molecule has 0 spiro atoms. The van der Waals surface area contributed by atoms with Crippen LogP contribution in [0.2, 0.25) is 0 Å². The predicted octanol–water partition coefficient (Wildman–Crippen LogP) is 3.11. The highest BCUT2D eigenvalue weighted by atomic mass is 16.6. The second-order valence-electron chi connectivity index (χ2n) is 8.20. The van der Waals surface area contributed by atoms with Crippen LogP contribution in [0.4, 0.5) is 10.5 Å². The van der Waals surface area contributed by atoms with Crippen molar-refractivity contribution in [3.05, 3.63) is 39.6 Å². The van der Waals surface area contributed by atoms with Gasteiger partial charge in [-0.15, -0.1) is 0 Å². The van der Waals surface area contributed by atoms with E-state index in [0.29, 0.717) is 18.6 Å². The van der Waals surface area contributed by atoms with Gasteiger partial charge in [-0.3, -0.25) is 29.9 Å². The fourth-order valence-electron chi connectivity index (χ4n) is 3.88. The van der Waals surface area contributed by atoms with Gasteiger partial charge in [-0.25, -0.2) is 4.79 Å². The molecule has 1 atom stereocenters. The normalized spacial score (nSPS) is 19.1. The van der Waals surface area contributed by atoms with Crippen molar-refractivity contribution in [1.82, 2.24) is 15.5 Å². The Morgan fingerprint density at radius 3 is 2.69 bits per heavy atom. The number of nitrogens with zero attached hydrogens (tertiary/aromatic N) is 2. The molecule has 1 saturated heterocycles. The monoisotopic (exact) mass is 444 g/mol. The Hall–Kier alpha value is -3.43. The third-order valence-corrected chi connectivity index (χ3v) is 5.69. The van der Waals surface area contributed by atoms with Crippen LogP contribution in [0.3, 0.4) is 0 Å². The summed E-state index contributed by atoms with van der Waals surface area (Å²) in [5.74, 6) is -0.257. The SMILES string of the molecule is CC(CCC(=O)NC1CCCCC1)Oc1ccc([N+](=O)[O-])c(C=C2C(=O)NC(=O)N2C)c1. The van der Waals surface area contributed by atoms with Gasteiger partial charge in [0, 0.05) is 25.6 Å². The van der Waals surface area contributed by atoms with Gasteiger partial charge in [0.05, 0.1) is 16.6 Å². The number of nitrogens with one attached hydrogen (secondary N) is 2. The molecule has 1 saturated carbocycles. The summed E-state index contributed by atoms with van der Waals surface area (Å²) in [4.78, 5) is 47.7. The summed E-state index contributed by atoms with van der Waals surface area (Å²) in [5, 5.41) is 16.6. The molecular formula is C22H28N4O6. The van der Waals surface area contributed by atoms with Crippen LogP contribution >= 0.6 is 0 Å². The summed E-state index contributed by atoms with van der Waals surface area (Å²) in [6.07, 6.45) is 7.38. The minimum atomic E-state index is -0.629. The average Bonchev–Trinajstić information content (AvgIpc) is 2.99. The van der Waals surface area contributed by atoms with Crippen molar-refractivity contribution in [2.75, 3.05) is 7.05 Å². The van der Waals surface area contributed by atoms with Crippen LogP contribution in [0.15, 0.2) is 23.9 Å². The molecule has 1 heterocycles. The first-order chi connectivity index (χ1) is 15.2. The van der Waals surface area contributed by atoms with Crippen molar-refractivity contribution in [2.45, 2.75) is 64.0 Å². The first-order valence-corrected chi connectivity index (χ1v) is 10.8. The van der Waals surface area contributed by atoms with E-state index in [1.54, 1.807) is 0 Å². The van der Waals surface area contributed by atoms with Crippen molar-refractivity contribution in [3.8, 4) is 5.75 Å². The molecule has 172 valence electrons. The molecule has 1 unspecified atom stereocenters. The smallest absolute Gasteiger partial charge is 0.328 e. The Morgan fingerprint density at radius 1 is 1.34 bits per heavy atom. The van der Waals surface area contributed by atoms with E-state index in [0.717, 1.165) is 30.6 Å². The molecule has 10 heteroatoms. The predicted molar refractivity (Wildman–Crippen MR) is 117 cm³/mol. The van der Waals surface area contributed by atoms with Gasteiger partial charge < -0.3 is 10.1 Å². The Labute approximate surface area is 186 Å². The number of urea groups is 1. The number of likely N-dealkylation sites (N-methyl/N-ethyl adjacent to an activating group) is 1. The van der Waals surface area contributed by atoms with Crippen LogP contribution in [0, 0.1) is 10.1 Å². The van der Waals surface area contributed by atoms with Crippen molar-refractivity contribution in [2.24, 2.45) is 0 Å². The van der Waals surface area contributed by atoms with Gasteiger partial charge in [0.15, 0.2) is 0 Å². The number of amides is 4. The standard InChI is InChI=1S/C22H28N4O6/c1-14(8-11-20(27)23-16-6-4-3-5-7-16)32-17-9-10-18(26(30)31)15(12-17)13-19-21(28)24-22(29)25(19)2/h9-10,12-14,16H,3-8,11H2,1-2H3,(H,23,27)(H,24,28,29). The van der Waals surface area contributed by atoms with Gasteiger partial charge in [-0.1, -0.05) is 19.3 Å². The molecule has 1 aromatic rings. The second kappa shape index (κ2) is 10.3. The highest BCUT2D eigenvalue weighted by Gasteiger charge is 2.30. The van der Waals surface area contributed by atoms with E-state index in [2.05, 4.69) is 10.6 Å². The number of benzene rings is 1. The molecule has 10 nitrogen and oxygen atoms in total. The van der Waals surface area contributed by atoms with E-state index in [4.69, 9.17) is 4.74 Å². The molecule has 32 heavy (non-hydrogen) atoms. The van der Waals surface area contributed by atoms with E-state index >= 15 is 0 Å². The molecule has 1 aliphatic carbocycles. The van der Waals surface area contributed by atoms with Crippen molar-refractivity contribution < 1.29 is 24.0 Å². The molecule has 1 aromatic carbocycles. The molecule has 2 aliphatic rings. The van der Waals surface area contributed by atoms with E-state index < -0.39 is 16.9 Å². The van der Waals surface area contributed by atoms with Gasteiger partial charge in [0.25, 0.3) is 11.6 Å². The van der Waals surface area contributed by atoms with Crippen molar-refractivity contribution in [1.29, 1.82) is 0 Å². The zero-order valence-electron chi connectivity index (χ0n) is 18.3. The van der Waals surface area contributed by atoms with Gasteiger partial charge >= 0.3 is 6.03 Å². The number of carbonyl (C=O) groups is 3. The number of hydrogen-bond donors (Lipinski definition) is 2. The number of rotatable bonds is 8. The Bertz CT molecular complexity index is 938. The summed E-state index contributed by atoms with van der Waals surface area (Å²) < 4.78 is 5.86. The molecule has 3 rings (SSSR count). The lowest BCUT2D eigenvalue weighted by Crippen LogP contribution is -2.36. The molecule has 1 aliphatic heterocycles. The highest BCUT2D eigenvalue weighted by molar-refractivity contribution is 6.14. The quantitative estimate of drug-likeness (QED) is 0.274. The number of nitro benzene ring substituents is 1. The summed E-state index contributed by atoms with van der Waals surface area (Å²) in [7, 11) is 1.40. The zero-order chi connectivity index (χ0) is 23.3. The zero-order valence-corrected chi connectivity index (χ0v) is 18.3. The van der Waals surface area contributed by atoms with E-state index in [-0.39, 0.29) is 35.0 Å². The molecular weight excluding hydrogens is 416 g/mol. The van der Waals surface area contributed by atoms with Crippen LogP contribution in [0.1, 0.15) is 57.4 Å². The first kappa shape index (κ1) is 23.2. The van der Waals surface area contributed by atoms with Crippen LogP contribution in [-0.2, 0) is 9.59 Å². The maximum absolute atomic E-state index is 12.2. The molecule has 0 aromatic heterocycles. The van der Waals surface area contributed by atoms with Crippen molar-refractivity contribution in [3.63, 3.8) is 0 Å². The van der Waals surface area contributed by atoms with Crippen molar-refractivity contribution >= 4 is 29.6 Å². The second-order valence-corrected chi connectivity index (χ2v) is 8.20. The van der Waals surface area contributed by atoms with Gasteiger partial charge in [-0.05, 0) is 44.4 Å². The lowest BCUT2D eigenvalue weighted by molar-refractivity contribution is -0.385. The highest BCUT2D eigenvalue weighted by Crippen LogP contribution is 2.28. The maximum Gasteiger partial charge on any atom is 0.328 e. The van der Waals surface area contributed by atoms with Gasteiger partial charge in [0.2, 0.25) is 5.91 Å². The fourth-order valence-corrected chi connectivity index (χ4v) is 3.88. The summed E-state index contributed by atoms with van der Waals surface area (Å²) in [5.41, 5.74) is -0.0750. The topological polar surface area (TPSA) is 131 Å². The number of carbonyl (C=O) groups excluding carboxylic acids is 3. The third-order valence-electron chi connectivity index (χ3n) is 5.69. The Kier molecular flexibility index (Phi) is 7.45. The summed E-state index contributed by atoms with van der Waals surface area (Å²) >= 11 is 0. The van der Waals surface area contributed by atoms with E-state index in [1.165, 1.54) is 37.7 Å². The fraction of sp³-hybridized carbons (Fsp3) is 0.500. The minimum Gasteiger partial charge on any atom is -0.491 e. The van der Waals surface area contributed by atoms with Gasteiger partial charge in [-0.2, -0.15) is 0 Å². The van der Waals surface area contributed by atoms with Crippen LogP contribution < -0.4 is 15.4 Å². The molecule has 0 bridgehead atoms. The molecule has 2 fully saturated rings. The van der Waals surface area contributed by atoms with Crippen LogP contribution in [0.25, 0.3) is 6.08 Å². The maximum atomic E-state index is 12.2. The van der Waals surface area contributed by atoms with Crippen LogP contribution in [-0.4, -0.2) is 46.9 Å². The molecule has 2 N–H and O–H groups in total. The van der Waals surface area contributed by atoms with E-state index in [9.17, 15) is 24.5 Å². The van der Waals surface area contributed by atoms with Crippen LogP contribution in [0.5, 0.6) is 5.75 Å².